The van der Waals surface area contributed by atoms with Gasteiger partial charge in [0.25, 0.3) is 5.56 Å². The Kier molecular flexibility index (Phi) is 5.37. The van der Waals surface area contributed by atoms with Crippen molar-refractivity contribution in [3.05, 3.63) is 80.4 Å². The molecular formula is C19H17BrFN3O2. The number of benzene rings is 2. The number of halogens is 2. The van der Waals surface area contributed by atoms with E-state index in [-0.39, 0.29) is 23.7 Å². The monoisotopic (exact) mass is 417 g/mol. The first-order valence-electron chi connectivity index (χ1n) is 8.06. The van der Waals surface area contributed by atoms with Gasteiger partial charge in [0.05, 0.1) is 5.69 Å². The molecule has 3 rings (SSSR count). The van der Waals surface area contributed by atoms with Crippen LogP contribution in [0.3, 0.4) is 0 Å². The van der Waals surface area contributed by atoms with Gasteiger partial charge in [-0.05, 0) is 61.9 Å². The highest BCUT2D eigenvalue weighted by atomic mass is 79.9. The highest BCUT2D eigenvalue weighted by Gasteiger charge is 2.14. The summed E-state index contributed by atoms with van der Waals surface area (Å²) in [6, 6.07) is 12.9. The lowest BCUT2D eigenvalue weighted by Gasteiger charge is -2.04. The second-order valence-corrected chi connectivity index (χ2v) is 6.80. The summed E-state index contributed by atoms with van der Waals surface area (Å²) in [6.07, 6.45) is 0.505. The molecule has 2 N–H and O–H groups in total. The predicted molar refractivity (Wildman–Crippen MR) is 102 cm³/mol. The zero-order valence-electron chi connectivity index (χ0n) is 14.1. The van der Waals surface area contributed by atoms with Gasteiger partial charge in [0.1, 0.15) is 5.82 Å². The Hall–Kier alpha value is -2.67. The van der Waals surface area contributed by atoms with Crippen LogP contribution in [0.15, 0.2) is 57.8 Å². The number of carbonyl (C=O) groups excluding carboxylic acids is 1. The lowest BCUT2D eigenvalue weighted by molar-refractivity contribution is -0.116. The third-order valence-electron chi connectivity index (χ3n) is 4.01. The lowest BCUT2D eigenvalue weighted by atomic mass is 10.1. The maximum atomic E-state index is 13.1. The van der Waals surface area contributed by atoms with Gasteiger partial charge in [-0.2, -0.15) is 0 Å². The molecule has 0 bridgehead atoms. The smallest absolute Gasteiger partial charge is 0.274 e. The molecule has 1 heterocycles. The normalized spacial score (nSPS) is 10.7. The van der Waals surface area contributed by atoms with Gasteiger partial charge in [-0.3, -0.25) is 14.7 Å². The van der Waals surface area contributed by atoms with Gasteiger partial charge < -0.3 is 5.32 Å². The summed E-state index contributed by atoms with van der Waals surface area (Å²) in [4.78, 5) is 24.7. The van der Waals surface area contributed by atoms with E-state index in [0.29, 0.717) is 29.1 Å². The molecule has 7 heteroatoms. The van der Waals surface area contributed by atoms with E-state index < -0.39 is 0 Å². The summed E-state index contributed by atoms with van der Waals surface area (Å²) in [5.74, 6) is -0.532. The van der Waals surface area contributed by atoms with Crippen LogP contribution in [0.2, 0.25) is 0 Å². The van der Waals surface area contributed by atoms with Crippen LogP contribution < -0.4 is 10.9 Å². The van der Waals surface area contributed by atoms with Crippen LogP contribution in [-0.2, 0) is 11.2 Å². The van der Waals surface area contributed by atoms with E-state index in [1.165, 1.54) is 28.9 Å². The number of aromatic amines is 1. The minimum absolute atomic E-state index is 0.166. The Labute approximate surface area is 158 Å². The van der Waals surface area contributed by atoms with E-state index in [2.05, 4.69) is 26.3 Å². The molecule has 1 aromatic heterocycles. The molecule has 0 saturated heterocycles. The largest absolute Gasteiger partial charge is 0.326 e. The van der Waals surface area contributed by atoms with Crippen molar-refractivity contribution < 1.29 is 9.18 Å². The minimum Gasteiger partial charge on any atom is -0.326 e. The highest BCUT2D eigenvalue weighted by molar-refractivity contribution is 9.10. The Balaban J connectivity index is 1.70. The second-order valence-electron chi connectivity index (χ2n) is 5.89. The number of rotatable bonds is 5. The van der Waals surface area contributed by atoms with Gasteiger partial charge in [0, 0.05) is 27.8 Å². The fourth-order valence-electron chi connectivity index (χ4n) is 2.64. The van der Waals surface area contributed by atoms with Crippen molar-refractivity contribution in [3.63, 3.8) is 0 Å². The average Bonchev–Trinajstić information content (AvgIpc) is 2.90. The van der Waals surface area contributed by atoms with Crippen LogP contribution in [0.5, 0.6) is 0 Å². The fourth-order valence-corrected chi connectivity index (χ4v) is 2.91. The summed E-state index contributed by atoms with van der Waals surface area (Å²) in [7, 11) is 0. The third kappa shape index (κ3) is 4.11. The van der Waals surface area contributed by atoms with Gasteiger partial charge in [-0.25, -0.2) is 9.07 Å². The molecule has 0 atom stereocenters. The van der Waals surface area contributed by atoms with Crippen molar-refractivity contribution in [3.8, 4) is 5.69 Å². The van der Waals surface area contributed by atoms with Gasteiger partial charge >= 0.3 is 0 Å². The van der Waals surface area contributed by atoms with E-state index in [1.807, 2.05) is 12.1 Å². The van der Waals surface area contributed by atoms with Gasteiger partial charge in [0.15, 0.2) is 0 Å². The van der Waals surface area contributed by atoms with Crippen LogP contribution in [0, 0.1) is 12.7 Å². The van der Waals surface area contributed by atoms with E-state index >= 15 is 0 Å². The molecule has 0 unspecified atom stereocenters. The number of hydrogen-bond acceptors (Lipinski definition) is 2. The fraction of sp³-hybridized carbons (Fsp3) is 0.158. The van der Waals surface area contributed by atoms with Crippen molar-refractivity contribution in [2.24, 2.45) is 0 Å². The molecule has 5 nitrogen and oxygen atoms in total. The molecule has 0 aliphatic rings. The molecule has 0 fully saturated rings. The van der Waals surface area contributed by atoms with Crippen LogP contribution in [0.25, 0.3) is 5.69 Å². The number of aromatic nitrogens is 2. The Morgan fingerprint density at radius 3 is 2.46 bits per heavy atom. The van der Waals surface area contributed by atoms with E-state index in [0.717, 1.165) is 4.47 Å². The summed E-state index contributed by atoms with van der Waals surface area (Å²) in [5.41, 5.74) is 2.25. The van der Waals surface area contributed by atoms with Crippen molar-refractivity contribution >= 4 is 27.5 Å². The van der Waals surface area contributed by atoms with Gasteiger partial charge in [-0.15, -0.1) is 0 Å². The highest BCUT2D eigenvalue weighted by Crippen LogP contribution is 2.15. The minimum atomic E-state index is -0.366. The van der Waals surface area contributed by atoms with Crippen molar-refractivity contribution in [2.45, 2.75) is 19.8 Å². The third-order valence-corrected chi connectivity index (χ3v) is 4.54. The number of H-pyrrole nitrogens is 1. The van der Waals surface area contributed by atoms with Crippen LogP contribution >= 0.6 is 15.9 Å². The molecule has 1 amide bonds. The Morgan fingerprint density at radius 2 is 1.81 bits per heavy atom. The van der Waals surface area contributed by atoms with Crippen molar-refractivity contribution in [1.82, 2.24) is 9.78 Å². The standard InChI is InChI=1S/C19H17BrFN3O2/c1-12-17(10-11-18(25)22-15-6-2-13(20)3-7-15)19(26)24(23-12)16-8-4-14(21)5-9-16/h2-9,23H,10-11H2,1H3,(H,22,25). The summed E-state index contributed by atoms with van der Waals surface area (Å²) >= 11 is 3.34. The molecule has 0 radical (unpaired) electrons. The number of hydrogen-bond donors (Lipinski definition) is 2. The first kappa shape index (κ1) is 18.1. The first-order valence-corrected chi connectivity index (χ1v) is 8.85. The van der Waals surface area contributed by atoms with E-state index in [9.17, 15) is 14.0 Å². The molecule has 0 saturated carbocycles. The predicted octanol–water partition coefficient (Wildman–Crippen LogP) is 3.95. The number of aryl methyl sites for hydroxylation is 1. The average molecular weight is 418 g/mol. The number of nitrogens with zero attached hydrogens (tertiary/aromatic N) is 1. The molecule has 2 aromatic carbocycles. The Morgan fingerprint density at radius 1 is 1.15 bits per heavy atom. The zero-order chi connectivity index (χ0) is 18.7. The zero-order valence-corrected chi connectivity index (χ0v) is 15.6. The number of nitrogens with one attached hydrogen (secondary N) is 2. The van der Waals surface area contributed by atoms with E-state index in [1.54, 1.807) is 19.1 Å². The molecule has 134 valence electrons. The summed E-state index contributed by atoms with van der Waals surface area (Å²) in [5, 5.41) is 5.78. The molecule has 26 heavy (non-hydrogen) atoms. The summed E-state index contributed by atoms with van der Waals surface area (Å²) in [6.45, 7) is 1.78. The Bertz CT molecular complexity index is 976. The van der Waals surface area contributed by atoms with Gasteiger partial charge in [-0.1, -0.05) is 15.9 Å². The molecular weight excluding hydrogens is 401 g/mol. The number of anilines is 1. The van der Waals surface area contributed by atoms with Crippen LogP contribution in [0.4, 0.5) is 10.1 Å². The first-order chi connectivity index (χ1) is 12.4. The topological polar surface area (TPSA) is 66.9 Å². The molecule has 0 aliphatic carbocycles. The maximum Gasteiger partial charge on any atom is 0.274 e. The molecule has 0 spiro atoms. The summed E-state index contributed by atoms with van der Waals surface area (Å²) < 4.78 is 15.3. The van der Waals surface area contributed by atoms with Crippen LogP contribution in [-0.4, -0.2) is 15.7 Å². The second kappa shape index (κ2) is 7.70. The van der Waals surface area contributed by atoms with E-state index in [4.69, 9.17) is 0 Å². The quantitative estimate of drug-likeness (QED) is 0.659. The lowest BCUT2D eigenvalue weighted by Crippen LogP contribution is -2.19. The maximum absolute atomic E-state index is 13.1. The van der Waals surface area contributed by atoms with Crippen molar-refractivity contribution in [1.29, 1.82) is 0 Å². The molecule has 3 aromatic rings. The molecule has 0 aliphatic heterocycles. The van der Waals surface area contributed by atoms with Crippen molar-refractivity contribution in [2.75, 3.05) is 5.32 Å². The van der Waals surface area contributed by atoms with Crippen LogP contribution in [0.1, 0.15) is 17.7 Å². The number of carbonyl (C=O) groups is 1. The number of amides is 1. The van der Waals surface area contributed by atoms with Gasteiger partial charge in [0.2, 0.25) is 5.91 Å². The SMILES string of the molecule is Cc1[nH]n(-c2ccc(F)cc2)c(=O)c1CCC(=O)Nc1ccc(Br)cc1.